The summed E-state index contributed by atoms with van der Waals surface area (Å²) in [5, 5.41) is 8.40. The highest BCUT2D eigenvalue weighted by atomic mass is 19.1. The van der Waals surface area contributed by atoms with Crippen LogP contribution in [0.3, 0.4) is 0 Å². The minimum absolute atomic E-state index is 0.00594. The minimum atomic E-state index is -1.63. The van der Waals surface area contributed by atoms with Gasteiger partial charge in [-0.05, 0) is 0 Å². The summed E-state index contributed by atoms with van der Waals surface area (Å²) < 4.78 is 13.0. The van der Waals surface area contributed by atoms with Gasteiger partial charge in [-0.25, -0.2) is 4.39 Å². The Balaban J connectivity index is 2.97. The van der Waals surface area contributed by atoms with Gasteiger partial charge in [0, 0.05) is 16.5 Å². The number of nitrogens with zero attached hydrogens (tertiary/aromatic N) is 1. The summed E-state index contributed by atoms with van der Waals surface area (Å²) in [5.41, 5.74) is 0.376. The van der Waals surface area contributed by atoms with Gasteiger partial charge < -0.3 is 0 Å². The molecule has 0 saturated carbocycles. The molecular formula is C13H14FNO. The Morgan fingerprint density at radius 3 is 2.19 bits per heavy atom. The molecule has 0 aromatic heterocycles. The standard InChI is InChI=1S/C13H14FNO/c1-13(2,3)12(16)10-6-4-9(5-7-10)11(14)8-15/h4-7,11H,1-3H3. The fourth-order valence-corrected chi connectivity index (χ4v) is 1.31. The van der Waals surface area contributed by atoms with Crippen molar-refractivity contribution < 1.29 is 9.18 Å². The topological polar surface area (TPSA) is 40.9 Å². The zero-order valence-corrected chi connectivity index (χ0v) is 9.62. The van der Waals surface area contributed by atoms with Crippen molar-refractivity contribution in [3.63, 3.8) is 0 Å². The molecule has 0 radical (unpaired) electrons. The van der Waals surface area contributed by atoms with E-state index in [1.165, 1.54) is 18.2 Å². The predicted octanol–water partition coefficient (Wildman–Crippen LogP) is 3.45. The largest absolute Gasteiger partial charge is 0.294 e. The SMILES string of the molecule is CC(C)(C)C(=O)c1ccc(C(F)C#N)cc1. The van der Waals surface area contributed by atoms with Crippen LogP contribution in [0.1, 0.15) is 42.9 Å². The van der Waals surface area contributed by atoms with Gasteiger partial charge in [0.2, 0.25) is 6.17 Å². The van der Waals surface area contributed by atoms with Crippen molar-refractivity contribution in [2.24, 2.45) is 5.41 Å². The second-order valence-electron chi connectivity index (χ2n) is 4.69. The zero-order chi connectivity index (χ0) is 12.3. The number of halogens is 1. The number of rotatable bonds is 2. The first-order valence-electron chi connectivity index (χ1n) is 5.04. The summed E-state index contributed by atoms with van der Waals surface area (Å²) in [5.74, 6) is 0.00594. The molecule has 0 bridgehead atoms. The van der Waals surface area contributed by atoms with Crippen molar-refractivity contribution in [3.8, 4) is 6.07 Å². The molecule has 1 rings (SSSR count). The molecule has 0 aliphatic heterocycles. The number of alkyl halides is 1. The molecule has 0 fully saturated rings. The number of hydrogen-bond acceptors (Lipinski definition) is 2. The molecule has 1 unspecified atom stereocenters. The Kier molecular flexibility index (Phi) is 3.44. The summed E-state index contributed by atoms with van der Waals surface area (Å²) in [6.07, 6.45) is -1.63. The van der Waals surface area contributed by atoms with Gasteiger partial charge in [0.25, 0.3) is 0 Å². The highest BCUT2D eigenvalue weighted by molar-refractivity contribution is 5.99. The minimum Gasteiger partial charge on any atom is -0.294 e. The van der Waals surface area contributed by atoms with Crippen LogP contribution in [0.15, 0.2) is 24.3 Å². The van der Waals surface area contributed by atoms with Crippen molar-refractivity contribution in [2.45, 2.75) is 26.9 Å². The summed E-state index contributed by atoms with van der Waals surface area (Å²) in [6, 6.07) is 7.59. The summed E-state index contributed by atoms with van der Waals surface area (Å²) in [6.45, 7) is 5.49. The maximum absolute atomic E-state index is 13.0. The van der Waals surface area contributed by atoms with Crippen LogP contribution < -0.4 is 0 Å². The summed E-state index contributed by atoms with van der Waals surface area (Å²) in [4.78, 5) is 11.9. The van der Waals surface area contributed by atoms with Crippen LogP contribution >= 0.6 is 0 Å². The van der Waals surface area contributed by atoms with Crippen LogP contribution in [-0.4, -0.2) is 5.78 Å². The molecule has 0 amide bonds. The van der Waals surface area contributed by atoms with E-state index in [0.717, 1.165) is 0 Å². The molecule has 16 heavy (non-hydrogen) atoms. The number of nitriles is 1. The fraction of sp³-hybridized carbons (Fsp3) is 0.385. The maximum atomic E-state index is 13.0. The number of ketones is 1. The van der Waals surface area contributed by atoms with Crippen LogP contribution in [0, 0.1) is 16.7 Å². The lowest BCUT2D eigenvalue weighted by molar-refractivity contribution is 0.0858. The molecule has 1 aromatic carbocycles. The van der Waals surface area contributed by atoms with Crippen molar-refractivity contribution in [2.75, 3.05) is 0 Å². The second kappa shape index (κ2) is 4.44. The smallest absolute Gasteiger partial charge is 0.211 e. The lowest BCUT2D eigenvalue weighted by atomic mass is 9.86. The summed E-state index contributed by atoms with van der Waals surface area (Å²) >= 11 is 0. The molecule has 1 atom stereocenters. The van der Waals surface area contributed by atoms with Gasteiger partial charge in [-0.2, -0.15) is 5.26 Å². The number of Topliss-reactive ketones (excluding diaryl/α,β-unsaturated/α-hetero) is 1. The maximum Gasteiger partial charge on any atom is 0.211 e. The first kappa shape index (κ1) is 12.4. The predicted molar refractivity (Wildman–Crippen MR) is 59.7 cm³/mol. The van der Waals surface area contributed by atoms with E-state index in [-0.39, 0.29) is 11.3 Å². The average molecular weight is 219 g/mol. The van der Waals surface area contributed by atoms with Crippen molar-refractivity contribution in [1.29, 1.82) is 5.26 Å². The van der Waals surface area contributed by atoms with E-state index in [1.807, 2.05) is 20.8 Å². The van der Waals surface area contributed by atoms with Gasteiger partial charge in [0.15, 0.2) is 5.78 Å². The quantitative estimate of drug-likeness (QED) is 0.715. The van der Waals surface area contributed by atoms with Crippen molar-refractivity contribution in [1.82, 2.24) is 0 Å². The molecule has 84 valence electrons. The molecule has 0 aliphatic carbocycles. The highest BCUT2D eigenvalue weighted by Gasteiger charge is 2.22. The molecule has 0 N–H and O–H groups in total. The van der Waals surface area contributed by atoms with E-state index in [4.69, 9.17) is 5.26 Å². The lowest BCUT2D eigenvalue weighted by Gasteiger charge is -2.16. The van der Waals surface area contributed by atoms with Gasteiger partial charge in [0.1, 0.15) is 6.07 Å². The number of carbonyl (C=O) groups is 1. The number of carbonyl (C=O) groups excluding carboxylic acids is 1. The Labute approximate surface area is 94.7 Å². The van der Waals surface area contributed by atoms with E-state index < -0.39 is 11.6 Å². The monoisotopic (exact) mass is 219 g/mol. The van der Waals surface area contributed by atoms with E-state index in [9.17, 15) is 9.18 Å². The average Bonchev–Trinajstić information content (AvgIpc) is 2.26. The molecular weight excluding hydrogens is 205 g/mol. The molecule has 0 aliphatic rings. The number of benzene rings is 1. The van der Waals surface area contributed by atoms with Crippen LogP contribution in [-0.2, 0) is 0 Å². The van der Waals surface area contributed by atoms with E-state index in [1.54, 1.807) is 12.1 Å². The van der Waals surface area contributed by atoms with Crippen LogP contribution in [0.5, 0.6) is 0 Å². The van der Waals surface area contributed by atoms with Crippen molar-refractivity contribution >= 4 is 5.78 Å². The van der Waals surface area contributed by atoms with Crippen LogP contribution in [0.2, 0.25) is 0 Å². The Bertz CT molecular complexity index is 423. The molecule has 2 nitrogen and oxygen atoms in total. The van der Waals surface area contributed by atoms with Gasteiger partial charge in [0.05, 0.1) is 0 Å². The van der Waals surface area contributed by atoms with E-state index in [2.05, 4.69) is 0 Å². The van der Waals surface area contributed by atoms with E-state index in [0.29, 0.717) is 5.56 Å². The third kappa shape index (κ3) is 2.66. The third-order valence-corrected chi connectivity index (χ3v) is 2.26. The van der Waals surface area contributed by atoms with Gasteiger partial charge in [-0.15, -0.1) is 0 Å². The molecule has 0 spiro atoms. The van der Waals surface area contributed by atoms with E-state index >= 15 is 0 Å². The van der Waals surface area contributed by atoms with Gasteiger partial charge in [-0.3, -0.25) is 4.79 Å². The second-order valence-corrected chi connectivity index (χ2v) is 4.69. The molecule has 1 aromatic rings. The Morgan fingerprint density at radius 2 is 1.81 bits per heavy atom. The van der Waals surface area contributed by atoms with Gasteiger partial charge >= 0.3 is 0 Å². The lowest BCUT2D eigenvalue weighted by Crippen LogP contribution is -2.20. The Hall–Kier alpha value is -1.69. The zero-order valence-electron chi connectivity index (χ0n) is 9.62. The molecule has 0 saturated heterocycles. The first-order chi connectivity index (χ1) is 7.36. The molecule has 3 heteroatoms. The number of hydrogen-bond donors (Lipinski definition) is 0. The highest BCUT2D eigenvalue weighted by Crippen LogP contribution is 2.23. The third-order valence-electron chi connectivity index (χ3n) is 2.26. The van der Waals surface area contributed by atoms with Crippen LogP contribution in [0.25, 0.3) is 0 Å². The fourth-order valence-electron chi connectivity index (χ4n) is 1.31. The van der Waals surface area contributed by atoms with Crippen molar-refractivity contribution in [3.05, 3.63) is 35.4 Å². The van der Waals surface area contributed by atoms with Crippen LogP contribution in [0.4, 0.5) is 4.39 Å². The normalized spacial score (nSPS) is 12.9. The van der Waals surface area contributed by atoms with Gasteiger partial charge in [-0.1, -0.05) is 45.0 Å². The Morgan fingerprint density at radius 1 is 1.31 bits per heavy atom. The summed E-state index contributed by atoms with van der Waals surface area (Å²) in [7, 11) is 0. The first-order valence-corrected chi connectivity index (χ1v) is 5.04. The molecule has 0 heterocycles.